The third-order valence-electron chi connectivity index (χ3n) is 0.298. The lowest BCUT2D eigenvalue weighted by Gasteiger charge is -1.85. The first kappa shape index (κ1) is 6.91. The predicted octanol–water partition coefficient (Wildman–Crippen LogP) is 0.655. The smallest absolute Gasteiger partial charge is 0.413 e. The van der Waals surface area contributed by atoms with E-state index in [0.29, 0.717) is 0 Å². The van der Waals surface area contributed by atoms with Crippen molar-refractivity contribution in [3.63, 3.8) is 0 Å². The summed E-state index contributed by atoms with van der Waals surface area (Å²) in [7, 11) is 3.84. The van der Waals surface area contributed by atoms with Gasteiger partial charge in [-0.1, -0.05) is 0 Å². The highest BCUT2D eigenvalue weighted by Gasteiger charge is 2.04. The van der Waals surface area contributed by atoms with Gasteiger partial charge < -0.3 is 4.74 Å². The third-order valence-corrected chi connectivity index (χ3v) is 1.10. The number of hydrogen-bond donors (Lipinski definition) is 0. The van der Waals surface area contributed by atoms with E-state index in [-0.39, 0.29) is 0 Å². The molecule has 0 aliphatic carbocycles. The Hall–Kier alpha value is -0.0900. The summed E-state index contributed by atoms with van der Waals surface area (Å²) in [6.07, 6.45) is 0. The molecular formula is C2H3ClO3S. The molecule has 0 aliphatic rings. The summed E-state index contributed by atoms with van der Waals surface area (Å²) in [5.74, 6) is 0. The molecule has 7 heavy (non-hydrogen) atoms. The molecule has 0 spiro atoms. The van der Waals surface area contributed by atoms with Crippen molar-refractivity contribution >= 4 is 26.0 Å². The fourth-order valence-corrected chi connectivity index (χ4v) is 0.386. The number of hydrogen-bond acceptors (Lipinski definition) is 3. The van der Waals surface area contributed by atoms with Gasteiger partial charge in [0.05, 0.1) is 7.11 Å². The van der Waals surface area contributed by atoms with Gasteiger partial charge in [-0.2, -0.15) is 0 Å². The molecule has 0 aromatic rings. The number of carbonyl (C=O) groups is 1. The number of carbonyl (C=O) groups excluding carboxylic acids is 1. The molecule has 0 N–H and O–H groups in total. The van der Waals surface area contributed by atoms with Gasteiger partial charge in [0.15, 0.2) is 0 Å². The molecular weight excluding hydrogens is 140 g/mol. The van der Waals surface area contributed by atoms with E-state index in [4.69, 9.17) is 10.7 Å². The summed E-state index contributed by atoms with van der Waals surface area (Å²) in [6, 6.07) is 0. The molecule has 0 saturated carbocycles. The maximum absolute atomic E-state index is 9.86. The fraction of sp³-hybridized carbons (Fsp3) is 0.500. The summed E-state index contributed by atoms with van der Waals surface area (Å²) in [5.41, 5.74) is 0. The van der Waals surface area contributed by atoms with Crippen LogP contribution in [-0.4, -0.2) is 16.6 Å². The summed E-state index contributed by atoms with van der Waals surface area (Å²) in [6.45, 7) is 0. The van der Waals surface area contributed by atoms with Gasteiger partial charge in [-0.05, 0) is 0 Å². The zero-order chi connectivity index (χ0) is 5.86. The van der Waals surface area contributed by atoms with Crippen LogP contribution in [0.5, 0.6) is 0 Å². The molecule has 1 atom stereocenters. The molecule has 3 nitrogen and oxygen atoms in total. The van der Waals surface area contributed by atoms with Crippen molar-refractivity contribution in [1.82, 2.24) is 0 Å². The lowest BCUT2D eigenvalue weighted by Crippen LogP contribution is -1.98. The van der Waals surface area contributed by atoms with Crippen LogP contribution < -0.4 is 0 Å². The Morgan fingerprint density at radius 1 is 1.86 bits per heavy atom. The van der Waals surface area contributed by atoms with Gasteiger partial charge in [-0.3, -0.25) is 0 Å². The minimum Gasteiger partial charge on any atom is -0.458 e. The predicted molar refractivity (Wildman–Crippen MR) is 26.4 cm³/mol. The van der Waals surface area contributed by atoms with Crippen molar-refractivity contribution in [2.45, 2.75) is 0 Å². The molecule has 0 aliphatic heterocycles. The maximum atomic E-state index is 9.86. The van der Waals surface area contributed by atoms with E-state index in [0.717, 1.165) is 7.11 Å². The van der Waals surface area contributed by atoms with E-state index in [1.807, 2.05) is 0 Å². The lowest BCUT2D eigenvalue weighted by molar-refractivity contribution is 0.199. The van der Waals surface area contributed by atoms with Gasteiger partial charge in [0.1, 0.15) is 0 Å². The zero-order valence-corrected chi connectivity index (χ0v) is 5.08. The Labute approximate surface area is 47.6 Å². The molecule has 1 unspecified atom stereocenters. The van der Waals surface area contributed by atoms with Gasteiger partial charge >= 0.3 is 5.30 Å². The fourth-order valence-electron chi connectivity index (χ4n) is 0.0655. The maximum Gasteiger partial charge on any atom is 0.413 e. The van der Waals surface area contributed by atoms with Gasteiger partial charge in [0, 0.05) is 10.7 Å². The molecule has 0 aromatic carbocycles. The summed E-state index contributed by atoms with van der Waals surface area (Å²) in [5, 5.41) is -0.915. The number of rotatable bonds is 0. The number of halogens is 1. The van der Waals surface area contributed by atoms with Crippen LogP contribution in [0.4, 0.5) is 4.79 Å². The molecule has 0 aromatic heterocycles. The monoisotopic (exact) mass is 142 g/mol. The van der Waals surface area contributed by atoms with E-state index in [2.05, 4.69) is 4.74 Å². The molecule has 5 heteroatoms. The molecule has 0 heterocycles. The van der Waals surface area contributed by atoms with Crippen molar-refractivity contribution in [3.8, 4) is 0 Å². The Morgan fingerprint density at radius 3 is 2.29 bits per heavy atom. The van der Waals surface area contributed by atoms with Crippen molar-refractivity contribution in [3.05, 3.63) is 0 Å². The van der Waals surface area contributed by atoms with Gasteiger partial charge in [-0.15, -0.1) is 0 Å². The quantitative estimate of drug-likeness (QED) is 0.369. The summed E-state index contributed by atoms with van der Waals surface area (Å²) >= 11 is 0. The SMILES string of the molecule is COC(=O)S(=O)Cl. The van der Waals surface area contributed by atoms with Gasteiger partial charge in [0.2, 0.25) is 10.0 Å². The largest absolute Gasteiger partial charge is 0.458 e. The molecule has 0 rings (SSSR count). The molecule has 0 radical (unpaired) electrons. The summed E-state index contributed by atoms with van der Waals surface area (Å²) < 4.78 is 13.7. The van der Waals surface area contributed by atoms with Crippen molar-refractivity contribution < 1.29 is 13.7 Å². The molecule has 0 amide bonds. The highest BCUT2D eigenvalue weighted by Crippen LogP contribution is 1.91. The molecule has 0 bridgehead atoms. The first-order chi connectivity index (χ1) is 3.18. The second kappa shape index (κ2) is 2.98. The first-order valence-corrected chi connectivity index (χ1v) is 3.32. The molecule has 42 valence electrons. The minimum absolute atomic E-state index is 0.915. The second-order valence-corrected chi connectivity index (χ2v) is 2.30. The Balaban J connectivity index is 3.58. The van der Waals surface area contributed by atoms with Crippen LogP contribution >= 0.6 is 10.7 Å². The average molecular weight is 143 g/mol. The van der Waals surface area contributed by atoms with E-state index in [1.54, 1.807) is 0 Å². The third kappa shape index (κ3) is 2.59. The zero-order valence-electron chi connectivity index (χ0n) is 3.51. The van der Waals surface area contributed by atoms with Crippen molar-refractivity contribution in [2.24, 2.45) is 0 Å². The van der Waals surface area contributed by atoms with Crippen molar-refractivity contribution in [1.29, 1.82) is 0 Å². The van der Waals surface area contributed by atoms with Gasteiger partial charge in [0.25, 0.3) is 0 Å². The van der Waals surface area contributed by atoms with E-state index < -0.39 is 15.3 Å². The topological polar surface area (TPSA) is 43.4 Å². The van der Waals surface area contributed by atoms with Gasteiger partial charge in [-0.25, -0.2) is 9.00 Å². The normalized spacial score (nSPS) is 12.9. The average Bonchev–Trinajstić information content (AvgIpc) is 1.65. The van der Waals surface area contributed by atoms with Crippen molar-refractivity contribution in [2.75, 3.05) is 7.11 Å². The van der Waals surface area contributed by atoms with Crippen LogP contribution in [0.3, 0.4) is 0 Å². The first-order valence-electron chi connectivity index (χ1n) is 1.34. The number of methoxy groups -OCH3 is 1. The highest BCUT2D eigenvalue weighted by molar-refractivity contribution is 8.20. The van der Waals surface area contributed by atoms with Crippen LogP contribution in [0.25, 0.3) is 0 Å². The van der Waals surface area contributed by atoms with E-state index >= 15 is 0 Å². The molecule has 0 saturated heterocycles. The Kier molecular flexibility index (Phi) is 2.95. The number of ether oxygens (including phenoxy) is 1. The lowest BCUT2D eigenvalue weighted by atomic mass is 11.5. The Bertz CT molecular complexity index is 101. The van der Waals surface area contributed by atoms with E-state index in [1.165, 1.54) is 0 Å². The second-order valence-electron chi connectivity index (χ2n) is 0.678. The minimum atomic E-state index is -2.00. The van der Waals surface area contributed by atoms with Crippen LogP contribution in [0.2, 0.25) is 0 Å². The van der Waals surface area contributed by atoms with Crippen LogP contribution in [0.1, 0.15) is 0 Å². The van der Waals surface area contributed by atoms with Crippen LogP contribution in [-0.2, 0) is 14.7 Å². The summed E-state index contributed by atoms with van der Waals surface area (Å²) in [4.78, 5) is 9.86. The van der Waals surface area contributed by atoms with Crippen LogP contribution in [0, 0.1) is 0 Å². The highest BCUT2D eigenvalue weighted by atomic mass is 35.7. The molecule has 0 fully saturated rings. The van der Waals surface area contributed by atoms with E-state index in [9.17, 15) is 9.00 Å². The Morgan fingerprint density at radius 2 is 2.29 bits per heavy atom. The standard InChI is InChI=1S/C2H3ClO3S/c1-6-2(4)7(3)5/h1H3. The van der Waals surface area contributed by atoms with Crippen LogP contribution in [0.15, 0.2) is 0 Å².